The van der Waals surface area contributed by atoms with Crippen LogP contribution in [-0.4, -0.2) is 10.2 Å². The van der Waals surface area contributed by atoms with Crippen LogP contribution in [0.15, 0.2) is 16.7 Å². The number of hydrogen-bond acceptors (Lipinski definition) is 2. The predicted molar refractivity (Wildman–Crippen MR) is 34.5 cm³/mol. The molecule has 0 radical (unpaired) electrons. The average molecular weight is 173 g/mol. The number of rotatable bonds is 0. The van der Waals surface area contributed by atoms with Crippen molar-refractivity contribution in [3.8, 4) is 0 Å². The third-order valence-corrected chi connectivity index (χ3v) is 1.18. The van der Waals surface area contributed by atoms with Crippen LogP contribution in [0.25, 0.3) is 0 Å². The summed E-state index contributed by atoms with van der Waals surface area (Å²) < 4.78 is 0.977. The number of nitrogens with zero attached hydrogens (tertiary/aromatic N) is 2. The lowest BCUT2D eigenvalue weighted by molar-refractivity contribution is 0.973. The van der Waals surface area contributed by atoms with Crippen LogP contribution in [0.1, 0.15) is 5.69 Å². The average Bonchev–Trinajstić information content (AvgIpc) is 1.64. The third kappa shape index (κ3) is 1.26. The smallest absolute Gasteiger partial charge is 0.0638 e. The van der Waals surface area contributed by atoms with E-state index in [1.807, 2.05) is 13.0 Å². The summed E-state index contributed by atoms with van der Waals surface area (Å²) in [5, 5.41) is 7.45. The van der Waals surface area contributed by atoms with Gasteiger partial charge in [0.1, 0.15) is 0 Å². The van der Waals surface area contributed by atoms with Gasteiger partial charge in [0.15, 0.2) is 0 Å². The highest BCUT2D eigenvalue weighted by molar-refractivity contribution is 9.10. The molecule has 1 aromatic heterocycles. The Balaban J connectivity index is 3.08. The van der Waals surface area contributed by atoms with Crippen molar-refractivity contribution in [1.29, 1.82) is 0 Å². The second-order valence-electron chi connectivity index (χ2n) is 1.52. The molecule has 0 aliphatic carbocycles. The lowest BCUT2D eigenvalue weighted by Crippen LogP contribution is -1.82. The van der Waals surface area contributed by atoms with Crippen molar-refractivity contribution >= 4 is 15.9 Å². The molecule has 42 valence electrons. The minimum atomic E-state index is 0.930. The zero-order chi connectivity index (χ0) is 5.98. The first-order chi connectivity index (χ1) is 3.79. The van der Waals surface area contributed by atoms with Crippen LogP contribution >= 0.6 is 15.9 Å². The number of halogens is 1. The van der Waals surface area contributed by atoms with Gasteiger partial charge in [-0.1, -0.05) is 0 Å². The van der Waals surface area contributed by atoms with E-state index >= 15 is 0 Å². The molecule has 0 bridgehead atoms. The Morgan fingerprint density at radius 1 is 1.62 bits per heavy atom. The summed E-state index contributed by atoms with van der Waals surface area (Å²) in [5.41, 5.74) is 0.930. The van der Waals surface area contributed by atoms with Gasteiger partial charge >= 0.3 is 0 Å². The third-order valence-electron chi connectivity index (χ3n) is 0.743. The molecular formula is C5H5BrN2. The summed E-state index contributed by atoms with van der Waals surface area (Å²) in [6, 6.07) is 1.91. The first-order valence-electron chi connectivity index (χ1n) is 2.24. The van der Waals surface area contributed by atoms with Crippen LogP contribution in [-0.2, 0) is 0 Å². The highest BCUT2D eigenvalue weighted by Gasteiger charge is 1.85. The van der Waals surface area contributed by atoms with E-state index in [0.717, 1.165) is 10.2 Å². The Hall–Kier alpha value is -0.440. The molecule has 8 heavy (non-hydrogen) atoms. The minimum Gasteiger partial charge on any atom is -0.158 e. The van der Waals surface area contributed by atoms with E-state index in [0.29, 0.717) is 0 Å². The molecule has 1 heterocycles. The van der Waals surface area contributed by atoms with Crippen molar-refractivity contribution in [3.05, 3.63) is 22.4 Å². The molecule has 1 aromatic rings. The summed E-state index contributed by atoms with van der Waals surface area (Å²) in [7, 11) is 0. The van der Waals surface area contributed by atoms with Crippen LogP contribution in [0.3, 0.4) is 0 Å². The Morgan fingerprint density at radius 2 is 2.38 bits per heavy atom. The molecule has 0 saturated carbocycles. The van der Waals surface area contributed by atoms with Gasteiger partial charge in [-0.05, 0) is 28.9 Å². The molecule has 0 atom stereocenters. The van der Waals surface area contributed by atoms with Gasteiger partial charge in [0.2, 0.25) is 0 Å². The van der Waals surface area contributed by atoms with Gasteiger partial charge in [0.05, 0.1) is 11.9 Å². The molecule has 0 saturated heterocycles. The molecule has 0 aromatic carbocycles. The second kappa shape index (κ2) is 2.22. The second-order valence-corrected chi connectivity index (χ2v) is 2.43. The lowest BCUT2D eigenvalue weighted by Gasteiger charge is -1.86. The van der Waals surface area contributed by atoms with Gasteiger partial charge in [-0.15, -0.1) is 0 Å². The van der Waals surface area contributed by atoms with Crippen LogP contribution in [0.4, 0.5) is 0 Å². The molecule has 1 rings (SSSR count). The number of aryl methyl sites for hydroxylation is 1. The van der Waals surface area contributed by atoms with Gasteiger partial charge < -0.3 is 0 Å². The van der Waals surface area contributed by atoms with E-state index in [-0.39, 0.29) is 0 Å². The number of hydrogen-bond donors (Lipinski definition) is 0. The van der Waals surface area contributed by atoms with Gasteiger partial charge in [0.25, 0.3) is 0 Å². The van der Waals surface area contributed by atoms with Crippen molar-refractivity contribution < 1.29 is 0 Å². The maximum atomic E-state index is 3.76. The SMILES string of the molecule is Cc1cc(Br)cnn1. The minimum absolute atomic E-state index is 0.930. The predicted octanol–water partition coefficient (Wildman–Crippen LogP) is 1.55. The van der Waals surface area contributed by atoms with Crippen LogP contribution in [0.2, 0.25) is 0 Å². The normalized spacial score (nSPS) is 9.25. The zero-order valence-electron chi connectivity index (χ0n) is 4.43. The van der Waals surface area contributed by atoms with Gasteiger partial charge in [-0.25, -0.2) is 0 Å². The fraction of sp³-hybridized carbons (Fsp3) is 0.200. The van der Waals surface area contributed by atoms with Crippen LogP contribution in [0.5, 0.6) is 0 Å². The Kier molecular flexibility index (Phi) is 1.58. The standard InChI is InChI=1S/C5H5BrN2/c1-4-2-5(6)3-7-8-4/h2-3H,1H3. The molecule has 0 fully saturated rings. The summed E-state index contributed by atoms with van der Waals surface area (Å²) in [4.78, 5) is 0. The first-order valence-corrected chi connectivity index (χ1v) is 3.03. The fourth-order valence-corrected chi connectivity index (χ4v) is 0.864. The van der Waals surface area contributed by atoms with E-state index < -0.39 is 0 Å². The monoisotopic (exact) mass is 172 g/mol. The molecule has 3 heteroatoms. The van der Waals surface area contributed by atoms with Gasteiger partial charge in [-0.2, -0.15) is 10.2 Å². The van der Waals surface area contributed by atoms with E-state index in [2.05, 4.69) is 26.1 Å². The topological polar surface area (TPSA) is 25.8 Å². The first kappa shape index (κ1) is 5.69. The van der Waals surface area contributed by atoms with Gasteiger partial charge in [0, 0.05) is 4.47 Å². The molecule has 0 N–H and O–H groups in total. The van der Waals surface area contributed by atoms with E-state index in [1.54, 1.807) is 6.20 Å². The van der Waals surface area contributed by atoms with Crippen molar-refractivity contribution in [3.63, 3.8) is 0 Å². The quantitative estimate of drug-likeness (QED) is 0.594. The molecule has 0 aliphatic heterocycles. The summed E-state index contributed by atoms with van der Waals surface area (Å²) in [5.74, 6) is 0. The zero-order valence-corrected chi connectivity index (χ0v) is 6.01. The number of aromatic nitrogens is 2. The highest BCUT2D eigenvalue weighted by atomic mass is 79.9. The van der Waals surface area contributed by atoms with Crippen molar-refractivity contribution in [2.75, 3.05) is 0 Å². The van der Waals surface area contributed by atoms with Crippen LogP contribution < -0.4 is 0 Å². The molecule has 0 unspecified atom stereocenters. The Labute approximate surface area is 56.1 Å². The van der Waals surface area contributed by atoms with E-state index in [4.69, 9.17) is 0 Å². The Bertz CT molecular complexity index is 170. The molecule has 0 amide bonds. The van der Waals surface area contributed by atoms with Crippen molar-refractivity contribution in [2.45, 2.75) is 6.92 Å². The van der Waals surface area contributed by atoms with Crippen molar-refractivity contribution in [2.24, 2.45) is 0 Å². The summed E-state index contributed by atoms with van der Waals surface area (Å²) in [6.07, 6.45) is 1.66. The maximum Gasteiger partial charge on any atom is 0.0638 e. The van der Waals surface area contributed by atoms with Crippen molar-refractivity contribution in [1.82, 2.24) is 10.2 Å². The molecule has 0 spiro atoms. The summed E-state index contributed by atoms with van der Waals surface area (Å²) >= 11 is 3.26. The van der Waals surface area contributed by atoms with Gasteiger partial charge in [-0.3, -0.25) is 0 Å². The van der Waals surface area contributed by atoms with Crippen LogP contribution in [0, 0.1) is 6.92 Å². The molecule has 0 aliphatic rings. The fourth-order valence-electron chi connectivity index (χ4n) is 0.441. The molecule has 2 nitrogen and oxygen atoms in total. The summed E-state index contributed by atoms with van der Waals surface area (Å²) in [6.45, 7) is 1.90. The van der Waals surface area contributed by atoms with E-state index in [9.17, 15) is 0 Å². The lowest BCUT2D eigenvalue weighted by atomic mass is 10.4. The highest BCUT2D eigenvalue weighted by Crippen LogP contribution is 2.05. The van der Waals surface area contributed by atoms with E-state index in [1.165, 1.54) is 0 Å². The largest absolute Gasteiger partial charge is 0.158 e. The molecular weight excluding hydrogens is 168 g/mol. The maximum absolute atomic E-state index is 3.76. The Morgan fingerprint density at radius 3 is 2.75 bits per heavy atom.